The standard InChI is InChI=1S/C18H23N5O2S/c19-16(24)13-1-3-15(4-2-13)22-7-9-23(10-8-22)18-20-17(21-26-18)14-5-11-25-12-6-14/h1-4,14H,5-12H2,(H2,19,24). The van der Waals surface area contributed by atoms with Crippen LogP contribution >= 0.6 is 11.5 Å². The van der Waals surface area contributed by atoms with Crippen LogP contribution in [0.3, 0.4) is 0 Å². The van der Waals surface area contributed by atoms with Crippen molar-refractivity contribution in [3.63, 3.8) is 0 Å². The quantitative estimate of drug-likeness (QED) is 0.881. The Labute approximate surface area is 156 Å². The van der Waals surface area contributed by atoms with Crippen molar-refractivity contribution in [1.29, 1.82) is 0 Å². The van der Waals surface area contributed by atoms with Crippen LogP contribution in [0.5, 0.6) is 0 Å². The van der Waals surface area contributed by atoms with E-state index in [9.17, 15) is 4.79 Å². The van der Waals surface area contributed by atoms with E-state index in [-0.39, 0.29) is 0 Å². The van der Waals surface area contributed by atoms with Gasteiger partial charge in [0, 0.05) is 68.1 Å². The maximum atomic E-state index is 11.2. The van der Waals surface area contributed by atoms with Gasteiger partial charge < -0.3 is 20.3 Å². The minimum Gasteiger partial charge on any atom is -0.381 e. The van der Waals surface area contributed by atoms with Crippen LogP contribution in [0.2, 0.25) is 0 Å². The number of primary amides is 1. The first-order valence-corrected chi connectivity index (χ1v) is 9.79. The van der Waals surface area contributed by atoms with E-state index in [0.29, 0.717) is 11.5 Å². The molecule has 2 aromatic rings. The normalized spacial score (nSPS) is 18.9. The van der Waals surface area contributed by atoms with Crippen LogP contribution in [-0.2, 0) is 4.74 Å². The number of rotatable bonds is 4. The van der Waals surface area contributed by atoms with E-state index in [4.69, 9.17) is 15.5 Å². The van der Waals surface area contributed by atoms with E-state index in [1.807, 2.05) is 12.1 Å². The summed E-state index contributed by atoms with van der Waals surface area (Å²) in [5, 5.41) is 1.02. The highest BCUT2D eigenvalue weighted by Gasteiger charge is 2.24. The van der Waals surface area contributed by atoms with E-state index in [0.717, 1.165) is 68.9 Å². The summed E-state index contributed by atoms with van der Waals surface area (Å²) in [6.07, 6.45) is 2.04. The molecule has 138 valence electrons. The number of piperazine rings is 1. The number of benzene rings is 1. The predicted molar refractivity (Wildman–Crippen MR) is 102 cm³/mol. The summed E-state index contributed by atoms with van der Waals surface area (Å²) in [5.41, 5.74) is 6.97. The number of nitrogens with two attached hydrogens (primary N) is 1. The Hall–Kier alpha value is -2.19. The van der Waals surface area contributed by atoms with E-state index in [1.165, 1.54) is 11.5 Å². The molecule has 0 unspecified atom stereocenters. The lowest BCUT2D eigenvalue weighted by Gasteiger charge is -2.35. The van der Waals surface area contributed by atoms with Gasteiger partial charge in [-0.2, -0.15) is 4.37 Å². The first-order valence-electron chi connectivity index (χ1n) is 9.02. The molecule has 0 radical (unpaired) electrons. The lowest BCUT2D eigenvalue weighted by Crippen LogP contribution is -2.46. The van der Waals surface area contributed by atoms with Gasteiger partial charge in [0.25, 0.3) is 0 Å². The fourth-order valence-corrected chi connectivity index (χ4v) is 4.27. The van der Waals surface area contributed by atoms with E-state index in [2.05, 4.69) is 14.2 Å². The van der Waals surface area contributed by atoms with Crippen molar-refractivity contribution in [2.75, 3.05) is 49.2 Å². The Morgan fingerprint density at radius 1 is 1.08 bits per heavy atom. The summed E-state index contributed by atoms with van der Waals surface area (Å²) in [4.78, 5) is 20.6. The number of hydrogen-bond acceptors (Lipinski definition) is 7. The maximum absolute atomic E-state index is 11.2. The zero-order valence-electron chi connectivity index (χ0n) is 14.6. The lowest BCUT2D eigenvalue weighted by molar-refractivity contribution is 0.0838. The van der Waals surface area contributed by atoms with Crippen molar-refractivity contribution in [3.05, 3.63) is 35.7 Å². The van der Waals surface area contributed by atoms with E-state index in [1.54, 1.807) is 12.1 Å². The first-order chi connectivity index (χ1) is 12.7. The van der Waals surface area contributed by atoms with E-state index < -0.39 is 5.91 Å². The second kappa shape index (κ2) is 7.59. The summed E-state index contributed by atoms with van der Waals surface area (Å²) in [5.74, 6) is 1.04. The van der Waals surface area contributed by atoms with Gasteiger partial charge in [-0.3, -0.25) is 4.79 Å². The first kappa shape index (κ1) is 17.2. The second-order valence-corrected chi connectivity index (χ2v) is 7.44. The molecule has 0 spiro atoms. The van der Waals surface area contributed by atoms with Crippen LogP contribution < -0.4 is 15.5 Å². The molecule has 7 nitrogen and oxygen atoms in total. The van der Waals surface area contributed by atoms with Gasteiger partial charge in [0.2, 0.25) is 11.0 Å². The van der Waals surface area contributed by atoms with Crippen LogP contribution in [0.1, 0.15) is 34.9 Å². The molecule has 1 aromatic carbocycles. The summed E-state index contributed by atoms with van der Waals surface area (Å²) >= 11 is 1.51. The van der Waals surface area contributed by atoms with Crippen molar-refractivity contribution in [3.8, 4) is 0 Å². The van der Waals surface area contributed by atoms with Crippen LogP contribution in [0.4, 0.5) is 10.8 Å². The van der Waals surface area contributed by atoms with Crippen LogP contribution in [0, 0.1) is 0 Å². The third-order valence-electron chi connectivity index (χ3n) is 5.08. The van der Waals surface area contributed by atoms with Crippen LogP contribution in [0.15, 0.2) is 24.3 Å². The Morgan fingerprint density at radius 2 is 1.73 bits per heavy atom. The third kappa shape index (κ3) is 3.66. The Balaban J connectivity index is 1.36. The maximum Gasteiger partial charge on any atom is 0.248 e. The minimum absolute atomic E-state index is 0.391. The molecule has 0 saturated carbocycles. The van der Waals surface area contributed by atoms with Gasteiger partial charge in [-0.25, -0.2) is 4.98 Å². The zero-order chi connectivity index (χ0) is 17.9. The number of hydrogen-bond donors (Lipinski definition) is 1. The molecule has 2 N–H and O–H groups in total. The molecule has 3 heterocycles. The van der Waals surface area contributed by atoms with Gasteiger partial charge in [0.15, 0.2) is 0 Å². The highest BCUT2D eigenvalue weighted by molar-refractivity contribution is 7.09. The van der Waals surface area contributed by atoms with Gasteiger partial charge in [-0.15, -0.1) is 0 Å². The van der Waals surface area contributed by atoms with Crippen molar-refractivity contribution >= 4 is 28.3 Å². The number of ether oxygens (including phenoxy) is 1. The monoisotopic (exact) mass is 373 g/mol. The number of carbonyl (C=O) groups excluding carboxylic acids is 1. The molecular weight excluding hydrogens is 350 g/mol. The highest BCUT2D eigenvalue weighted by Crippen LogP contribution is 2.29. The van der Waals surface area contributed by atoms with Gasteiger partial charge in [0.1, 0.15) is 5.82 Å². The Bertz CT molecular complexity index is 749. The van der Waals surface area contributed by atoms with Crippen molar-refractivity contribution < 1.29 is 9.53 Å². The van der Waals surface area contributed by atoms with Crippen molar-refractivity contribution in [2.45, 2.75) is 18.8 Å². The Morgan fingerprint density at radius 3 is 2.38 bits per heavy atom. The van der Waals surface area contributed by atoms with Gasteiger partial charge in [0.05, 0.1) is 0 Å². The number of anilines is 2. The van der Waals surface area contributed by atoms with Gasteiger partial charge in [-0.1, -0.05) is 0 Å². The molecule has 1 amide bonds. The fraction of sp³-hybridized carbons (Fsp3) is 0.500. The molecule has 2 fully saturated rings. The summed E-state index contributed by atoms with van der Waals surface area (Å²) in [6, 6.07) is 7.50. The molecule has 26 heavy (non-hydrogen) atoms. The number of amides is 1. The zero-order valence-corrected chi connectivity index (χ0v) is 15.5. The molecule has 4 rings (SSSR count). The third-order valence-corrected chi connectivity index (χ3v) is 5.88. The minimum atomic E-state index is -0.391. The van der Waals surface area contributed by atoms with Crippen molar-refractivity contribution in [1.82, 2.24) is 9.36 Å². The van der Waals surface area contributed by atoms with Crippen LogP contribution in [0.25, 0.3) is 0 Å². The summed E-state index contributed by atoms with van der Waals surface area (Å²) in [6.45, 7) is 5.29. The molecular formula is C18H23N5O2S. The molecule has 2 aliphatic rings. The topological polar surface area (TPSA) is 84.6 Å². The molecule has 2 aliphatic heterocycles. The second-order valence-electron chi connectivity index (χ2n) is 6.71. The molecule has 0 atom stereocenters. The predicted octanol–water partition coefficient (Wildman–Crippen LogP) is 1.86. The molecule has 8 heteroatoms. The summed E-state index contributed by atoms with van der Waals surface area (Å²) in [7, 11) is 0. The van der Waals surface area contributed by atoms with E-state index >= 15 is 0 Å². The number of carbonyl (C=O) groups is 1. The summed E-state index contributed by atoms with van der Waals surface area (Å²) < 4.78 is 10.0. The molecule has 2 saturated heterocycles. The van der Waals surface area contributed by atoms with Gasteiger partial charge >= 0.3 is 0 Å². The molecule has 1 aromatic heterocycles. The smallest absolute Gasteiger partial charge is 0.248 e. The number of nitrogens with zero attached hydrogens (tertiary/aromatic N) is 4. The molecule has 0 aliphatic carbocycles. The van der Waals surface area contributed by atoms with Crippen molar-refractivity contribution in [2.24, 2.45) is 5.73 Å². The number of aromatic nitrogens is 2. The lowest BCUT2D eigenvalue weighted by atomic mass is 10.00. The van der Waals surface area contributed by atoms with Crippen LogP contribution in [-0.4, -0.2) is 54.7 Å². The SMILES string of the molecule is NC(=O)c1ccc(N2CCN(c3nc(C4CCOCC4)ns3)CC2)cc1. The Kier molecular flexibility index (Phi) is 5.03. The average molecular weight is 373 g/mol. The molecule has 0 bridgehead atoms. The van der Waals surface area contributed by atoms with Gasteiger partial charge in [-0.05, 0) is 37.1 Å². The fourth-order valence-electron chi connectivity index (χ4n) is 3.47. The average Bonchev–Trinajstić information content (AvgIpc) is 3.19. The highest BCUT2D eigenvalue weighted by atomic mass is 32.1. The largest absolute Gasteiger partial charge is 0.381 e.